The first kappa shape index (κ1) is 13.6. The minimum Gasteiger partial charge on any atom is -0.0625 e. The third kappa shape index (κ3) is 2.33. The molecule has 0 heterocycles. The van der Waals surface area contributed by atoms with Crippen molar-refractivity contribution in [3.8, 4) is 0 Å². The van der Waals surface area contributed by atoms with Gasteiger partial charge in [-0.05, 0) is 59.4 Å². The van der Waals surface area contributed by atoms with Gasteiger partial charge in [-0.15, -0.1) is 0 Å². The molecule has 0 saturated heterocycles. The van der Waals surface area contributed by atoms with Crippen molar-refractivity contribution in [2.45, 2.75) is 32.6 Å². The van der Waals surface area contributed by atoms with E-state index in [0.29, 0.717) is 0 Å². The van der Waals surface area contributed by atoms with Gasteiger partial charge in [0.2, 0.25) is 0 Å². The third-order valence-electron chi connectivity index (χ3n) is 5.13. The molecular weight excluding hydrogens is 264 g/mol. The molecule has 0 aliphatic heterocycles. The average Bonchev–Trinajstić information content (AvgIpc) is 2.73. The second-order valence-electron chi connectivity index (χ2n) is 6.67. The van der Waals surface area contributed by atoms with Crippen LogP contribution in [0.3, 0.4) is 0 Å². The summed E-state index contributed by atoms with van der Waals surface area (Å²) in [5.74, 6) is 0.874. The van der Waals surface area contributed by atoms with Gasteiger partial charge in [0.1, 0.15) is 0 Å². The van der Waals surface area contributed by atoms with Crippen molar-refractivity contribution in [2.75, 3.05) is 0 Å². The Balaban J connectivity index is 1.96. The highest BCUT2D eigenvalue weighted by Crippen LogP contribution is 2.40. The summed E-state index contributed by atoms with van der Waals surface area (Å²) >= 11 is 0. The van der Waals surface area contributed by atoms with E-state index in [9.17, 15) is 0 Å². The van der Waals surface area contributed by atoms with Crippen LogP contribution in [0.2, 0.25) is 0 Å². The summed E-state index contributed by atoms with van der Waals surface area (Å²) in [7, 11) is 0. The van der Waals surface area contributed by atoms with Gasteiger partial charge in [0.25, 0.3) is 0 Å². The van der Waals surface area contributed by atoms with E-state index >= 15 is 0 Å². The molecule has 0 radical (unpaired) electrons. The summed E-state index contributed by atoms with van der Waals surface area (Å²) in [4.78, 5) is 0. The smallest absolute Gasteiger partial charge is 0.0106 e. The van der Waals surface area contributed by atoms with Crippen LogP contribution in [0.15, 0.2) is 54.1 Å². The lowest BCUT2D eigenvalue weighted by Crippen LogP contribution is -2.07. The van der Waals surface area contributed by atoms with Gasteiger partial charge >= 0.3 is 0 Å². The molecule has 0 nitrogen and oxygen atoms in total. The molecule has 1 saturated carbocycles. The maximum atomic E-state index is 2.39. The van der Waals surface area contributed by atoms with Crippen molar-refractivity contribution in [2.24, 2.45) is 5.92 Å². The van der Waals surface area contributed by atoms with Crippen LogP contribution in [0.4, 0.5) is 0 Å². The molecule has 0 N–H and O–H groups in total. The Morgan fingerprint density at radius 2 is 1.23 bits per heavy atom. The molecule has 0 aromatic heterocycles. The van der Waals surface area contributed by atoms with Crippen LogP contribution in [0.25, 0.3) is 17.7 Å². The Morgan fingerprint density at radius 1 is 0.727 bits per heavy atom. The van der Waals surface area contributed by atoms with E-state index in [1.54, 1.807) is 5.57 Å². The standard InChI is InChI=1S/C22H22/c1-16-10-12-19(13-11-16)22-20-8-4-2-6-17(20)14-15-18-7-3-5-9-21(18)22/h2-9,14-16H,10-13H2,1H3. The van der Waals surface area contributed by atoms with Crippen LogP contribution < -0.4 is 0 Å². The van der Waals surface area contributed by atoms with Crippen molar-refractivity contribution in [3.05, 3.63) is 76.4 Å². The first-order valence-electron chi connectivity index (χ1n) is 8.42. The summed E-state index contributed by atoms with van der Waals surface area (Å²) in [6, 6.07) is 17.7. The van der Waals surface area contributed by atoms with E-state index in [4.69, 9.17) is 0 Å². The topological polar surface area (TPSA) is 0 Å². The van der Waals surface area contributed by atoms with Crippen molar-refractivity contribution < 1.29 is 0 Å². The molecule has 4 rings (SSSR count). The minimum absolute atomic E-state index is 0.874. The first-order valence-corrected chi connectivity index (χ1v) is 8.42. The molecule has 0 unspecified atom stereocenters. The van der Waals surface area contributed by atoms with Gasteiger partial charge in [-0.25, -0.2) is 0 Å². The van der Waals surface area contributed by atoms with Crippen LogP contribution in [0.5, 0.6) is 0 Å². The fourth-order valence-electron chi connectivity index (χ4n) is 3.81. The fourth-order valence-corrected chi connectivity index (χ4v) is 3.81. The Morgan fingerprint density at radius 3 is 1.77 bits per heavy atom. The van der Waals surface area contributed by atoms with Crippen molar-refractivity contribution >= 4 is 17.7 Å². The highest BCUT2D eigenvalue weighted by atomic mass is 14.3. The molecule has 0 atom stereocenters. The lowest BCUT2D eigenvalue weighted by Gasteiger charge is -2.25. The highest BCUT2D eigenvalue weighted by molar-refractivity contribution is 5.94. The van der Waals surface area contributed by atoms with Crippen LogP contribution in [-0.4, -0.2) is 0 Å². The summed E-state index contributed by atoms with van der Waals surface area (Å²) in [6.45, 7) is 2.39. The second kappa shape index (κ2) is 5.61. The molecule has 2 aromatic rings. The molecule has 22 heavy (non-hydrogen) atoms. The zero-order valence-electron chi connectivity index (χ0n) is 13.2. The lowest BCUT2D eigenvalue weighted by atomic mass is 9.80. The Hall–Kier alpha value is -2.08. The van der Waals surface area contributed by atoms with Crippen LogP contribution >= 0.6 is 0 Å². The number of fused-ring (bicyclic) bond motifs is 2. The molecule has 0 heteroatoms. The minimum atomic E-state index is 0.874. The predicted molar refractivity (Wildman–Crippen MR) is 95.5 cm³/mol. The van der Waals surface area contributed by atoms with Crippen LogP contribution in [-0.2, 0) is 0 Å². The van der Waals surface area contributed by atoms with Gasteiger partial charge in [0, 0.05) is 0 Å². The van der Waals surface area contributed by atoms with E-state index in [1.807, 2.05) is 0 Å². The number of rotatable bonds is 0. The predicted octanol–water partition coefficient (Wildman–Crippen LogP) is 6.18. The molecule has 1 fully saturated rings. The van der Waals surface area contributed by atoms with Gasteiger partial charge in [-0.3, -0.25) is 0 Å². The van der Waals surface area contributed by atoms with Gasteiger partial charge < -0.3 is 0 Å². The van der Waals surface area contributed by atoms with Gasteiger partial charge in [0.05, 0.1) is 0 Å². The molecule has 0 amide bonds. The maximum absolute atomic E-state index is 2.39. The van der Waals surface area contributed by atoms with E-state index < -0.39 is 0 Å². The number of allylic oxidation sites excluding steroid dienone is 1. The molecule has 2 aliphatic rings. The number of benzene rings is 2. The second-order valence-corrected chi connectivity index (χ2v) is 6.67. The Bertz CT molecular complexity index is 700. The van der Waals surface area contributed by atoms with Gasteiger partial charge in [-0.1, -0.05) is 73.2 Å². The fraction of sp³-hybridized carbons (Fsp3) is 0.273. The number of hydrogen-bond donors (Lipinski definition) is 0. The normalized spacial score (nSPS) is 20.3. The Labute approximate surface area is 133 Å². The third-order valence-corrected chi connectivity index (χ3v) is 5.13. The van der Waals surface area contributed by atoms with Crippen molar-refractivity contribution in [3.63, 3.8) is 0 Å². The summed E-state index contributed by atoms with van der Waals surface area (Å²) in [6.07, 6.45) is 9.70. The molecule has 0 spiro atoms. The summed E-state index contributed by atoms with van der Waals surface area (Å²) < 4.78 is 0. The largest absolute Gasteiger partial charge is 0.0625 e. The summed E-state index contributed by atoms with van der Waals surface area (Å²) in [5.41, 5.74) is 8.67. The van der Waals surface area contributed by atoms with Crippen molar-refractivity contribution in [1.29, 1.82) is 0 Å². The van der Waals surface area contributed by atoms with E-state index in [-0.39, 0.29) is 0 Å². The molecular formula is C22H22. The quantitative estimate of drug-likeness (QED) is 0.462. The lowest BCUT2D eigenvalue weighted by molar-refractivity contribution is 0.445. The number of hydrogen-bond acceptors (Lipinski definition) is 0. The summed E-state index contributed by atoms with van der Waals surface area (Å²) in [5, 5.41) is 0. The molecule has 0 bridgehead atoms. The molecule has 110 valence electrons. The van der Waals surface area contributed by atoms with E-state index in [0.717, 1.165) is 5.92 Å². The monoisotopic (exact) mass is 286 g/mol. The molecule has 2 aliphatic carbocycles. The average molecular weight is 286 g/mol. The van der Waals surface area contributed by atoms with E-state index in [1.165, 1.54) is 53.5 Å². The van der Waals surface area contributed by atoms with E-state index in [2.05, 4.69) is 67.6 Å². The highest BCUT2D eigenvalue weighted by Gasteiger charge is 2.21. The van der Waals surface area contributed by atoms with Crippen LogP contribution in [0.1, 0.15) is 54.9 Å². The molecule has 2 aromatic carbocycles. The zero-order chi connectivity index (χ0) is 14.9. The zero-order valence-corrected chi connectivity index (χ0v) is 13.2. The maximum Gasteiger partial charge on any atom is -0.0106 e. The SMILES string of the molecule is CC1CCC(=C2c3ccccc3C=Cc3ccccc32)CC1. The first-order chi connectivity index (χ1) is 10.8. The van der Waals surface area contributed by atoms with Crippen molar-refractivity contribution in [1.82, 2.24) is 0 Å². The van der Waals surface area contributed by atoms with Gasteiger partial charge in [-0.2, -0.15) is 0 Å². The van der Waals surface area contributed by atoms with Crippen LogP contribution in [0, 0.1) is 5.92 Å². The Kier molecular flexibility index (Phi) is 3.46. The van der Waals surface area contributed by atoms with Gasteiger partial charge in [0.15, 0.2) is 0 Å².